The normalized spacial score (nSPS) is 21.1. The highest BCUT2D eigenvalue weighted by Gasteiger charge is 2.17. The second-order valence-electron chi connectivity index (χ2n) is 4.58. The predicted octanol–water partition coefficient (Wildman–Crippen LogP) is 0.237. The third kappa shape index (κ3) is 5.46. The predicted molar refractivity (Wildman–Crippen MR) is 68.2 cm³/mol. The summed E-state index contributed by atoms with van der Waals surface area (Å²) in [6, 6.07) is -0.507. The molecular weight excluding hydrogens is 234 g/mol. The molecule has 3 amide bonds. The maximum atomic E-state index is 11.5. The van der Waals surface area contributed by atoms with Gasteiger partial charge in [-0.1, -0.05) is 0 Å². The Labute approximate surface area is 108 Å². The van der Waals surface area contributed by atoms with Gasteiger partial charge in [0.2, 0.25) is 0 Å². The highest BCUT2D eigenvalue weighted by atomic mass is 16.5. The minimum atomic E-state index is -0.598. The number of imide groups is 1. The fourth-order valence-corrected chi connectivity index (χ4v) is 1.93. The van der Waals surface area contributed by atoms with Crippen molar-refractivity contribution >= 4 is 11.9 Å². The molecule has 1 aliphatic rings. The minimum absolute atomic E-state index is 0.406. The molecule has 1 saturated heterocycles. The van der Waals surface area contributed by atoms with Crippen molar-refractivity contribution in [2.45, 2.75) is 32.3 Å². The van der Waals surface area contributed by atoms with Crippen LogP contribution < -0.4 is 16.0 Å². The molecular formula is C12H23N3O3. The molecule has 18 heavy (non-hydrogen) atoms. The Hall–Kier alpha value is -1.14. The van der Waals surface area contributed by atoms with E-state index in [9.17, 15) is 9.59 Å². The lowest BCUT2D eigenvalue weighted by atomic mass is 9.97. The molecule has 0 saturated carbocycles. The van der Waals surface area contributed by atoms with E-state index in [0.717, 1.165) is 19.5 Å². The van der Waals surface area contributed by atoms with Gasteiger partial charge in [0.15, 0.2) is 0 Å². The van der Waals surface area contributed by atoms with E-state index in [1.165, 1.54) is 19.9 Å². The van der Waals surface area contributed by atoms with E-state index >= 15 is 0 Å². The van der Waals surface area contributed by atoms with Crippen LogP contribution in [0.1, 0.15) is 26.2 Å². The molecule has 3 N–H and O–H groups in total. The van der Waals surface area contributed by atoms with Crippen LogP contribution in [0.4, 0.5) is 4.79 Å². The second-order valence-corrected chi connectivity index (χ2v) is 4.58. The molecule has 0 bridgehead atoms. The third-order valence-corrected chi connectivity index (χ3v) is 3.13. The number of ether oxygens (including phenoxy) is 1. The van der Waals surface area contributed by atoms with Gasteiger partial charge in [-0.05, 0) is 45.2 Å². The van der Waals surface area contributed by atoms with E-state index in [2.05, 4.69) is 16.0 Å². The molecule has 0 aromatic heterocycles. The molecule has 6 heteroatoms. The third-order valence-electron chi connectivity index (χ3n) is 3.13. The average Bonchev–Trinajstić information content (AvgIpc) is 2.39. The maximum Gasteiger partial charge on any atom is 0.321 e. The molecule has 1 aliphatic heterocycles. The first-order chi connectivity index (χ1) is 8.63. The Morgan fingerprint density at radius 2 is 2.28 bits per heavy atom. The molecule has 0 radical (unpaired) electrons. The summed E-state index contributed by atoms with van der Waals surface area (Å²) in [6.45, 7) is 4.33. The summed E-state index contributed by atoms with van der Waals surface area (Å²) in [7, 11) is 1.46. The van der Waals surface area contributed by atoms with Gasteiger partial charge in [-0.3, -0.25) is 10.1 Å². The number of hydrogen-bond acceptors (Lipinski definition) is 4. The van der Waals surface area contributed by atoms with Crippen LogP contribution in [0.2, 0.25) is 0 Å². The lowest BCUT2D eigenvalue weighted by molar-refractivity contribution is -0.130. The monoisotopic (exact) mass is 257 g/mol. The summed E-state index contributed by atoms with van der Waals surface area (Å²) in [5.74, 6) is 0.226. The zero-order valence-electron chi connectivity index (χ0n) is 11.1. The van der Waals surface area contributed by atoms with Crippen LogP contribution in [0.3, 0.4) is 0 Å². The van der Waals surface area contributed by atoms with Crippen molar-refractivity contribution in [1.82, 2.24) is 16.0 Å². The standard InChI is InChI=1S/C12H23N3O3/c1-9(11(16)15-12(17)13-2)18-7-5-10-4-3-6-14-8-10/h9-10,14H,3-8H2,1-2H3,(H2,13,15,16,17). The smallest absolute Gasteiger partial charge is 0.321 e. The highest BCUT2D eigenvalue weighted by molar-refractivity contribution is 5.96. The number of carbonyl (C=O) groups excluding carboxylic acids is 2. The minimum Gasteiger partial charge on any atom is -0.369 e. The molecule has 2 unspecified atom stereocenters. The topological polar surface area (TPSA) is 79.5 Å². The average molecular weight is 257 g/mol. The fraction of sp³-hybridized carbons (Fsp3) is 0.833. The molecule has 6 nitrogen and oxygen atoms in total. The molecule has 1 fully saturated rings. The lowest BCUT2D eigenvalue weighted by Gasteiger charge is -2.23. The number of hydrogen-bond donors (Lipinski definition) is 3. The second kappa shape index (κ2) is 8.05. The first kappa shape index (κ1) is 14.9. The first-order valence-electron chi connectivity index (χ1n) is 6.48. The molecule has 104 valence electrons. The summed E-state index contributed by atoms with van der Waals surface area (Å²) in [4.78, 5) is 22.4. The summed E-state index contributed by atoms with van der Waals surface area (Å²) < 4.78 is 5.43. The van der Waals surface area contributed by atoms with Gasteiger partial charge in [0.1, 0.15) is 6.10 Å². The quantitative estimate of drug-likeness (QED) is 0.659. The van der Waals surface area contributed by atoms with Crippen LogP contribution in [-0.4, -0.2) is 44.8 Å². The first-order valence-corrected chi connectivity index (χ1v) is 6.48. The number of rotatable bonds is 5. The van der Waals surface area contributed by atoms with Gasteiger partial charge in [-0.2, -0.15) is 0 Å². The molecule has 0 spiro atoms. The van der Waals surface area contributed by atoms with Crippen molar-refractivity contribution < 1.29 is 14.3 Å². The SMILES string of the molecule is CNC(=O)NC(=O)C(C)OCCC1CCCNC1. The Morgan fingerprint density at radius 3 is 2.89 bits per heavy atom. The number of amides is 3. The van der Waals surface area contributed by atoms with E-state index in [0.29, 0.717) is 12.5 Å². The highest BCUT2D eigenvalue weighted by Crippen LogP contribution is 2.14. The number of urea groups is 1. The van der Waals surface area contributed by atoms with Crippen LogP contribution in [-0.2, 0) is 9.53 Å². The fourth-order valence-electron chi connectivity index (χ4n) is 1.93. The zero-order chi connectivity index (χ0) is 13.4. The lowest BCUT2D eigenvalue weighted by Crippen LogP contribution is -2.43. The maximum absolute atomic E-state index is 11.5. The van der Waals surface area contributed by atoms with E-state index in [1.54, 1.807) is 6.92 Å². The van der Waals surface area contributed by atoms with Gasteiger partial charge in [-0.15, -0.1) is 0 Å². The molecule has 0 aliphatic carbocycles. The summed E-state index contributed by atoms with van der Waals surface area (Å²) >= 11 is 0. The van der Waals surface area contributed by atoms with Gasteiger partial charge in [0.25, 0.3) is 5.91 Å². The van der Waals surface area contributed by atoms with Crippen molar-refractivity contribution in [2.24, 2.45) is 5.92 Å². The van der Waals surface area contributed by atoms with Gasteiger partial charge < -0.3 is 15.4 Å². The van der Waals surface area contributed by atoms with E-state index < -0.39 is 18.0 Å². The van der Waals surface area contributed by atoms with Crippen molar-refractivity contribution in [3.8, 4) is 0 Å². The molecule has 2 atom stereocenters. The van der Waals surface area contributed by atoms with Gasteiger partial charge in [0, 0.05) is 13.7 Å². The summed E-state index contributed by atoms with van der Waals surface area (Å²) in [6.07, 6.45) is 2.77. The Morgan fingerprint density at radius 1 is 1.50 bits per heavy atom. The largest absolute Gasteiger partial charge is 0.369 e. The van der Waals surface area contributed by atoms with Gasteiger partial charge in [0.05, 0.1) is 0 Å². The van der Waals surface area contributed by atoms with Crippen molar-refractivity contribution in [3.05, 3.63) is 0 Å². The number of piperidine rings is 1. The molecule has 0 aromatic rings. The van der Waals surface area contributed by atoms with Crippen molar-refractivity contribution in [1.29, 1.82) is 0 Å². The molecule has 1 rings (SSSR count). The van der Waals surface area contributed by atoms with E-state index in [-0.39, 0.29) is 0 Å². The molecule has 0 aromatic carbocycles. The van der Waals surface area contributed by atoms with Crippen LogP contribution in [0.15, 0.2) is 0 Å². The number of carbonyl (C=O) groups is 2. The van der Waals surface area contributed by atoms with Crippen LogP contribution in [0, 0.1) is 5.92 Å². The van der Waals surface area contributed by atoms with Gasteiger partial charge >= 0.3 is 6.03 Å². The Balaban J connectivity index is 2.13. The Kier molecular flexibility index (Phi) is 6.67. The van der Waals surface area contributed by atoms with Crippen LogP contribution in [0.5, 0.6) is 0 Å². The van der Waals surface area contributed by atoms with Crippen molar-refractivity contribution in [2.75, 3.05) is 26.7 Å². The summed E-state index contributed by atoms with van der Waals surface area (Å²) in [5, 5.41) is 7.86. The Bertz CT molecular complexity index is 278. The van der Waals surface area contributed by atoms with Crippen LogP contribution >= 0.6 is 0 Å². The number of nitrogens with one attached hydrogen (secondary N) is 3. The van der Waals surface area contributed by atoms with E-state index in [4.69, 9.17) is 4.74 Å². The van der Waals surface area contributed by atoms with E-state index in [1.807, 2.05) is 0 Å². The van der Waals surface area contributed by atoms with Crippen LogP contribution in [0.25, 0.3) is 0 Å². The zero-order valence-corrected chi connectivity index (χ0v) is 11.1. The van der Waals surface area contributed by atoms with Crippen molar-refractivity contribution in [3.63, 3.8) is 0 Å². The summed E-state index contributed by atoms with van der Waals surface area (Å²) in [5.41, 5.74) is 0. The van der Waals surface area contributed by atoms with Gasteiger partial charge in [-0.25, -0.2) is 4.79 Å². The molecule has 1 heterocycles.